The van der Waals surface area contributed by atoms with Crippen LogP contribution in [0.15, 0.2) is 24.3 Å². The first-order chi connectivity index (χ1) is 10.1. The smallest absolute Gasteiger partial charge is 0.213 e. The van der Waals surface area contributed by atoms with Crippen molar-refractivity contribution in [3.05, 3.63) is 35.4 Å². The molecule has 0 aromatic heterocycles. The molecular weight excluding hydrogens is 312 g/mol. The fraction of sp³-hybridized carbons (Fsp3) is 0.571. The molecule has 0 bridgehead atoms. The number of hydrogen-bond donors (Lipinski definition) is 1. The van der Waals surface area contributed by atoms with E-state index in [-0.39, 0.29) is 11.6 Å². The number of alkyl halides is 1. The molecule has 1 aromatic carbocycles. The minimum atomic E-state index is -3.27. The summed E-state index contributed by atoms with van der Waals surface area (Å²) in [6.07, 6.45) is 0. The number of sulfonamides is 1. The van der Waals surface area contributed by atoms with Gasteiger partial charge < -0.3 is 4.74 Å². The second-order valence-corrected chi connectivity index (χ2v) is 7.34. The molecule has 1 saturated heterocycles. The van der Waals surface area contributed by atoms with Gasteiger partial charge in [0.1, 0.15) is 0 Å². The van der Waals surface area contributed by atoms with E-state index in [1.54, 1.807) is 0 Å². The lowest BCUT2D eigenvalue weighted by Gasteiger charge is -2.26. The summed E-state index contributed by atoms with van der Waals surface area (Å²) in [5.74, 6) is 0.0531. The Hall–Kier alpha value is -0.660. The maximum Gasteiger partial charge on any atom is 0.213 e. The summed E-state index contributed by atoms with van der Waals surface area (Å²) in [5.41, 5.74) is 2.17. The Labute approximate surface area is 131 Å². The summed E-state index contributed by atoms with van der Waals surface area (Å²) in [5, 5.41) is 0. The zero-order valence-corrected chi connectivity index (χ0v) is 13.5. The first kappa shape index (κ1) is 16.7. The highest BCUT2D eigenvalue weighted by Crippen LogP contribution is 2.09. The van der Waals surface area contributed by atoms with Crippen molar-refractivity contribution in [3.8, 4) is 0 Å². The van der Waals surface area contributed by atoms with Crippen molar-refractivity contribution < 1.29 is 13.2 Å². The number of halogens is 1. The van der Waals surface area contributed by atoms with E-state index in [4.69, 9.17) is 16.3 Å². The lowest BCUT2D eigenvalue weighted by Crippen LogP contribution is -2.35. The number of rotatable bonds is 7. The Bertz CT molecular complexity index is 528. The molecule has 1 aliphatic rings. The largest absolute Gasteiger partial charge is 0.379 e. The highest BCUT2D eigenvalue weighted by Gasteiger charge is 2.11. The third kappa shape index (κ3) is 5.92. The molecule has 1 aliphatic heterocycles. The Balaban J connectivity index is 1.84. The van der Waals surface area contributed by atoms with E-state index in [0.717, 1.165) is 38.4 Å². The Morgan fingerprint density at radius 1 is 1.14 bits per heavy atom. The van der Waals surface area contributed by atoms with E-state index in [1.165, 1.54) is 5.56 Å². The van der Waals surface area contributed by atoms with Gasteiger partial charge in [0.15, 0.2) is 0 Å². The molecule has 2 rings (SSSR count). The lowest BCUT2D eigenvalue weighted by molar-refractivity contribution is 0.0342. The predicted octanol–water partition coefficient (Wildman–Crippen LogP) is 1.18. The SMILES string of the molecule is O=S(=O)(CCCl)NCc1ccc(CN2CCOCC2)cc1. The molecule has 1 heterocycles. The number of morpholine rings is 1. The number of benzene rings is 1. The molecule has 0 spiro atoms. The van der Waals surface area contributed by atoms with Crippen LogP contribution in [0.2, 0.25) is 0 Å². The summed E-state index contributed by atoms with van der Waals surface area (Å²) in [4.78, 5) is 2.35. The molecule has 0 radical (unpaired) electrons. The van der Waals surface area contributed by atoms with Gasteiger partial charge in [-0.25, -0.2) is 13.1 Å². The molecule has 0 amide bonds. The van der Waals surface area contributed by atoms with Crippen LogP contribution in [0.4, 0.5) is 0 Å². The highest BCUT2D eigenvalue weighted by molar-refractivity contribution is 7.89. The molecule has 1 fully saturated rings. The Morgan fingerprint density at radius 2 is 1.76 bits per heavy atom. The second-order valence-electron chi connectivity index (χ2n) is 5.03. The molecule has 21 heavy (non-hydrogen) atoms. The molecule has 118 valence electrons. The minimum Gasteiger partial charge on any atom is -0.379 e. The standard InChI is InChI=1S/C14H21ClN2O3S/c15-5-10-21(18,19)16-11-13-1-3-14(4-2-13)12-17-6-8-20-9-7-17/h1-4,16H,5-12H2. The number of hydrogen-bond acceptors (Lipinski definition) is 4. The van der Waals surface area contributed by atoms with Crippen molar-refractivity contribution >= 4 is 21.6 Å². The van der Waals surface area contributed by atoms with Crippen molar-refractivity contribution in [2.75, 3.05) is 37.9 Å². The molecule has 5 nitrogen and oxygen atoms in total. The van der Waals surface area contributed by atoms with Gasteiger partial charge in [0.05, 0.1) is 19.0 Å². The van der Waals surface area contributed by atoms with E-state index >= 15 is 0 Å². The Kier molecular flexibility index (Phi) is 6.44. The summed E-state index contributed by atoms with van der Waals surface area (Å²) in [6.45, 7) is 4.71. The van der Waals surface area contributed by atoms with Gasteiger partial charge in [-0.05, 0) is 11.1 Å². The van der Waals surface area contributed by atoms with E-state index < -0.39 is 10.0 Å². The summed E-state index contributed by atoms with van der Waals surface area (Å²) < 4.78 is 30.9. The van der Waals surface area contributed by atoms with Crippen LogP contribution in [0.5, 0.6) is 0 Å². The average Bonchev–Trinajstić information content (AvgIpc) is 2.48. The predicted molar refractivity (Wildman–Crippen MR) is 83.9 cm³/mol. The van der Waals surface area contributed by atoms with Crippen LogP contribution in [-0.4, -0.2) is 51.3 Å². The van der Waals surface area contributed by atoms with Gasteiger partial charge in [-0.15, -0.1) is 11.6 Å². The number of nitrogens with zero attached hydrogens (tertiary/aromatic N) is 1. The molecule has 0 aliphatic carbocycles. The van der Waals surface area contributed by atoms with E-state index in [0.29, 0.717) is 6.54 Å². The zero-order chi connectivity index (χ0) is 15.1. The summed E-state index contributed by atoms with van der Waals surface area (Å²) in [7, 11) is -3.27. The van der Waals surface area contributed by atoms with Gasteiger partial charge in [-0.2, -0.15) is 0 Å². The van der Waals surface area contributed by atoms with Gasteiger partial charge in [0.2, 0.25) is 10.0 Å². The van der Waals surface area contributed by atoms with Crippen LogP contribution < -0.4 is 4.72 Å². The van der Waals surface area contributed by atoms with Crippen LogP contribution in [0.3, 0.4) is 0 Å². The molecule has 0 saturated carbocycles. The van der Waals surface area contributed by atoms with Crippen LogP contribution in [-0.2, 0) is 27.8 Å². The molecular formula is C14H21ClN2O3S. The van der Waals surface area contributed by atoms with Gasteiger partial charge >= 0.3 is 0 Å². The van der Waals surface area contributed by atoms with Crippen LogP contribution in [0, 0.1) is 0 Å². The molecule has 0 unspecified atom stereocenters. The Morgan fingerprint density at radius 3 is 2.38 bits per heavy atom. The van der Waals surface area contributed by atoms with Gasteiger partial charge in [-0.1, -0.05) is 24.3 Å². The third-order valence-electron chi connectivity index (χ3n) is 3.37. The van der Waals surface area contributed by atoms with E-state index in [9.17, 15) is 8.42 Å². The van der Waals surface area contributed by atoms with E-state index in [2.05, 4.69) is 9.62 Å². The first-order valence-electron chi connectivity index (χ1n) is 7.00. The first-order valence-corrected chi connectivity index (χ1v) is 9.19. The molecule has 7 heteroatoms. The van der Waals surface area contributed by atoms with Crippen molar-refractivity contribution in [2.45, 2.75) is 13.1 Å². The van der Waals surface area contributed by atoms with Crippen molar-refractivity contribution in [2.24, 2.45) is 0 Å². The van der Waals surface area contributed by atoms with E-state index in [1.807, 2.05) is 24.3 Å². The summed E-state index contributed by atoms with van der Waals surface area (Å²) >= 11 is 5.45. The lowest BCUT2D eigenvalue weighted by atomic mass is 10.1. The fourth-order valence-electron chi connectivity index (χ4n) is 2.15. The van der Waals surface area contributed by atoms with Crippen LogP contribution in [0.1, 0.15) is 11.1 Å². The molecule has 1 N–H and O–H groups in total. The highest BCUT2D eigenvalue weighted by atomic mass is 35.5. The maximum absolute atomic E-state index is 11.5. The number of ether oxygens (including phenoxy) is 1. The third-order valence-corrected chi connectivity index (χ3v) is 5.11. The fourth-order valence-corrected chi connectivity index (χ4v) is 3.49. The monoisotopic (exact) mass is 332 g/mol. The van der Waals surface area contributed by atoms with Crippen LogP contribution in [0.25, 0.3) is 0 Å². The zero-order valence-electron chi connectivity index (χ0n) is 11.9. The molecule has 0 atom stereocenters. The van der Waals surface area contributed by atoms with Crippen LogP contribution >= 0.6 is 11.6 Å². The summed E-state index contributed by atoms with van der Waals surface area (Å²) in [6, 6.07) is 8.00. The molecule has 1 aromatic rings. The topological polar surface area (TPSA) is 58.6 Å². The van der Waals surface area contributed by atoms with Crippen molar-refractivity contribution in [1.82, 2.24) is 9.62 Å². The quantitative estimate of drug-likeness (QED) is 0.762. The minimum absolute atomic E-state index is 0.0519. The van der Waals surface area contributed by atoms with Gasteiger partial charge in [0, 0.05) is 32.1 Å². The second kappa shape index (κ2) is 8.10. The van der Waals surface area contributed by atoms with Crippen molar-refractivity contribution in [1.29, 1.82) is 0 Å². The average molecular weight is 333 g/mol. The normalized spacial score (nSPS) is 17.0. The van der Waals surface area contributed by atoms with Crippen molar-refractivity contribution in [3.63, 3.8) is 0 Å². The van der Waals surface area contributed by atoms with Gasteiger partial charge in [-0.3, -0.25) is 4.90 Å². The number of nitrogens with one attached hydrogen (secondary N) is 1. The van der Waals surface area contributed by atoms with Gasteiger partial charge in [0.25, 0.3) is 0 Å². The maximum atomic E-state index is 11.5.